The second-order valence-corrected chi connectivity index (χ2v) is 5.95. The summed E-state index contributed by atoms with van der Waals surface area (Å²) in [4.78, 5) is 25.4. The normalized spacial score (nSPS) is 36.7. The minimum absolute atomic E-state index is 0.0578. The fourth-order valence-corrected chi connectivity index (χ4v) is 2.94. The number of piperidine rings is 1. The molecule has 2 fully saturated rings. The van der Waals surface area contributed by atoms with Crippen molar-refractivity contribution < 1.29 is 14.7 Å². The zero-order valence-corrected chi connectivity index (χ0v) is 11.1. The number of nitrogens with zero attached hydrogens (tertiary/aromatic N) is 1. The number of carbonyl (C=O) groups is 2. The summed E-state index contributed by atoms with van der Waals surface area (Å²) in [5.41, 5.74) is -0.758. The summed E-state index contributed by atoms with van der Waals surface area (Å²) >= 11 is 0. The molecule has 18 heavy (non-hydrogen) atoms. The first-order valence-corrected chi connectivity index (χ1v) is 6.67. The molecule has 102 valence electrons. The number of nitrogens with one attached hydrogen (secondary N) is 1. The summed E-state index contributed by atoms with van der Waals surface area (Å²) in [6, 6.07) is 0. The number of carbonyl (C=O) groups excluding carboxylic acids is 1. The van der Waals surface area contributed by atoms with Gasteiger partial charge in [-0.15, -0.1) is 0 Å². The van der Waals surface area contributed by atoms with Crippen molar-refractivity contribution in [2.75, 3.05) is 26.2 Å². The SMILES string of the molecule is CC1CNCCC1C(=O)N1CCC(C)(C(=O)O)C1. The van der Waals surface area contributed by atoms with Gasteiger partial charge in [0.25, 0.3) is 0 Å². The molecule has 0 aromatic carbocycles. The second kappa shape index (κ2) is 4.88. The maximum Gasteiger partial charge on any atom is 0.311 e. The molecule has 2 heterocycles. The van der Waals surface area contributed by atoms with Gasteiger partial charge in [-0.25, -0.2) is 0 Å². The number of carboxylic acid groups (broad SMARTS) is 1. The molecule has 0 bridgehead atoms. The van der Waals surface area contributed by atoms with Crippen LogP contribution in [0.5, 0.6) is 0 Å². The van der Waals surface area contributed by atoms with Crippen LogP contribution in [0.1, 0.15) is 26.7 Å². The van der Waals surface area contributed by atoms with E-state index in [-0.39, 0.29) is 11.8 Å². The van der Waals surface area contributed by atoms with E-state index >= 15 is 0 Å². The summed E-state index contributed by atoms with van der Waals surface area (Å²) in [6.07, 6.45) is 1.42. The molecular formula is C13H22N2O3. The van der Waals surface area contributed by atoms with Gasteiger partial charge in [0.1, 0.15) is 0 Å². The minimum atomic E-state index is -0.795. The van der Waals surface area contributed by atoms with E-state index in [4.69, 9.17) is 0 Å². The van der Waals surface area contributed by atoms with Gasteiger partial charge in [-0.05, 0) is 38.8 Å². The Kier molecular flexibility index (Phi) is 3.61. The molecule has 0 radical (unpaired) electrons. The van der Waals surface area contributed by atoms with Gasteiger partial charge >= 0.3 is 5.97 Å². The van der Waals surface area contributed by atoms with Crippen LogP contribution in [0.15, 0.2) is 0 Å². The van der Waals surface area contributed by atoms with Gasteiger partial charge in [-0.3, -0.25) is 9.59 Å². The zero-order chi connectivity index (χ0) is 13.3. The number of amides is 1. The average Bonchev–Trinajstić information content (AvgIpc) is 2.73. The predicted molar refractivity (Wildman–Crippen MR) is 67.1 cm³/mol. The van der Waals surface area contributed by atoms with E-state index in [0.717, 1.165) is 19.5 Å². The quantitative estimate of drug-likeness (QED) is 0.755. The first-order valence-electron chi connectivity index (χ1n) is 6.67. The van der Waals surface area contributed by atoms with Gasteiger partial charge in [-0.1, -0.05) is 6.92 Å². The van der Waals surface area contributed by atoms with Crippen LogP contribution in [0, 0.1) is 17.3 Å². The Hall–Kier alpha value is -1.10. The molecule has 5 nitrogen and oxygen atoms in total. The third kappa shape index (κ3) is 2.36. The lowest BCUT2D eigenvalue weighted by Crippen LogP contribution is -2.45. The molecule has 0 spiro atoms. The molecule has 0 aliphatic carbocycles. The lowest BCUT2D eigenvalue weighted by molar-refractivity contribution is -0.147. The van der Waals surface area contributed by atoms with E-state index in [1.807, 2.05) is 0 Å². The fraction of sp³-hybridized carbons (Fsp3) is 0.846. The van der Waals surface area contributed by atoms with Crippen LogP contribution in [0.3, 0.4) is 0 Å². The smallest absolute Gasteiger partial charge is 0.311 e. The molecule has 3 atom stereocenters. The highest BCUT2D eigenvalue weighted by Crippen LogP contribution is 2.32. The molecule has 3 unspecified atom stereocenters. The number of carboxylic acids is 1. The summed E-state index contributed by atoms with van der Waals surface area (Å²) in [7, 11) is 0. The molecule has 0 aromatic heterocycles. The lowest BCUT2D eigenvalue weighted by atomic mass is 9.86. The second-order valence-electron chi connectivity index (χ2n) is 5.95. The van der Waals surface area contributed by atoms with Crippen molar-refractivity contribution in [3.63, 3.8) is 0 Å². The number of hydrogen-bond donors (Lipinski definition) is 2. The van der Waals surface area contributed by atoms with Crippen LogP contribution in [-0.4, -0.2) is 48.1 Å². The van der Waals surface area contributed by atoms with Crippen LogP contribution in [0.2, 0.25) is 0 Å². The van der Waals surface area contributed by atoms with E-state index in [9.17, 15) is 14.7 Å². The topological polar surface area (TPSA) is 69.6 Å². The Bertz CT molecular complexity index is 358. The maximum absolute atomic E-state index is 12.4. The predicted octanol–water partition coefficient (Wildman–Crippen LogP) is 0.555. The van der Waals surface area contributed by atoms with Gasteiger partial charge in [0, 0.05) is 19.0 Å². The minimum Gasteiger partial charge on any atom is -0.481 e. The Labute approximate surface area is 108 Å². The molecule has 5 heteroatoms. The van der Waals surface area contributed by atoms with E-state index in [1.54, 1.807) is 11.8 Å². The summed E-state index contributed by atoms with van der Waals surface area (Å²) in [5, 5.41) is 12.5. The van der Waals surface area contributed by atoms with E-state index < -0.39 is 11.4 Å². The van der Waals surface area contributed by atoms with Gasteiger partial charge in [0.15, 0.2) is 0 Å². The molecule has 2 saturated heterocycles. The third-order valence-electron chi connectivity index (χ3n) is 4.40. The molecule has 2 aliphatic heterocycles. The Morgan fingerprint density at radius 1 is 1.44 bits per heavy atom. The van der Waals surface area contributed by atoms with Crippen molar-refractivity contribution in [1.82, 2.24) is 10.2 Å². The van der Waals surface area contributed by atoms with Crippen LogP contribution >= 0.6 is 0 Å². The molecule has 1 amide bonds. The standard InChI is InChI=1S/C13H22N2O3/c1-9-7-14-5-3-10(9)11(16)15-6-4-13(2,8-15)12(17)18/h9-10,14H,3-8H2,1-2H3,(H,17,18). The van der Waals surface area contributed by atoms with E-state index in [1.165, 1.54) is 0 Å². The van der Waals surface area contributed by atoms with Crippen LogP contribution in [-0.2, 0) is 9.59 Å². The Balaban J connectivity index is 2.01. The van der Waals surface area contributed by atoms with Crippen molar-refractivity contribution in [2.24, 2.45) is 17.3 Å². The van der Waals surface area contributed by atoms with Gasteiger partial charge in [0.2, 0.25) is 5.91 Å². The van der Waals surface area contributed by atoms with E-state index in [0.29, 0.717) is 25.4 Å². The van der Waals surface area contributed by atoms with Crippen molar-refractivity contribution in [1.29, 1.82) is 0 Å². The largest absolute Gasteiger partial charge is 0.481 e. The third-order valence-corrected chi connectivity index (χ3v) is 4.40. The number of likely N-dealkylation sites (tertiary alicyclic amines) is 1. The summed E-state index contributed by atoms with van der Waals surface area (Å²) in [6.45, 7) is 6.51. The van der Waals surface area contributed by atoms with Gasteiger partial charge < -0.3 is 15.3 Å². The van der Waals surface area contributed by atoms with E-state index in [2.05, 4.69) is 12.2 Å². The highest BCUT2D eigenvalue weighted by molar-refractivity contribution is 5.82. The van der Waals surface area contributed by atoms with Gasteiger partial charge in [-0.2, -0.15) is 0 Å². The first-order chi connectivity index (χ1) is 8.44. The van der Waals surface area contributed by atoms with Crippen molar-refractivity contribution in [3.05, 3.63) is 0 Å². The summed E-state index contributed by atoms with van der Waals surface area (Å²) in [5.74, 6) is -0.254. The van der Waals surface area contributed by atoms with Crippen molar-refractivity contribution in [3.8, 4) is 0 Å². The Morgan fingerprint density at radius 3 is 2.72 bits per heavy atom. The van der Waals surface area contributed by atoms with Crippen molar-refractivity contribution in [2.45, 2.75) is 26.7 Å². The first kappa shape index (κ1) is 13.3. The summed E-state index contributed by atoms with van der Waals surface area (Å²) < 4.78 is 0. The van der Waals surface area contributed by atoms with Crippen LogP contribution in [0.25, 0.3) is 0 Å². The molecule has 2 aliphatic rings. The average molecular weight is 254 g/mol. The lowest BCUT2D eigenvalue weighted by Gasteiger charge is -2.32. The molecule has 2 rings (SSSR count). The highest BCUT2D eigenvalue weighted by Gasteiger charge is 2.44. The highest BCUT2D eigenvalue weighted by atomic mass is 16.4. The molecular weight excluding hydrogens is 232 g/mol. The molecule has 2 N–H and O–H groups in total. The monoisotopic (exact) mass is 254 g/mol. The fourth-order valence-electron chi connectivity index (χ4n) is 2.94. The number of aliphatic carboxylic acids is 1. The molecule has 0 saturated carbocycles. The van der Waals surface area contributed by atoms with Gasteiger partial charge in [0.05, 0.1) is 5.41 Å². The Morgan fingerprint density at radius 2 is 2.17 bits per heavy atom. The van der Waals surface area contributed by atoms with Crippen LogP contribution < -0.4 is 5.32 Å². The maximum atomic E-state index is 12.4. The molecule has 0 aromatic rings. The van der Waals surface area contributed by atoms with Crippen molar-refractivity contribution >= 4 is 11.9 Å². The number of hydrogen-bond acceptors (Lipinski definition) is 3. The number of rotatable bonds is 2. The zero-order valence-electron chi connectivity index (χ0n) is 11.1. The van der Waals surface area contributed by atoms with Crippen LogP contribution in [0.4, 0.5) is 0 Å².